The topological polar surface area (TPSA) is 73.2 Å². The fraction of sp³-hybridized carbons (Fsp3) is 0.261. The maximum atomic E-state index is 13.0. The molecule has 0 saturated carbocycles. The van der Waals surface area contributed by atoms with Crippen LogP contribution in [0.5, 0.6) is 5.75 Å². The number of hydrogen-bond donors (Lipinski definition) is 1. The molecule has 1 amide bonds. The normalized spacial score (nSPS) is 11.8. The number of carbonyl (C=O) groups excluding carboxylic acids is 1. The number of nitrogens with zero attached hydrogens (tertiary/aromatic N) is 2. The molecule has 0 fully saturated rings. The molecule has 3 aromatic rings. The summed E-state index contributed by atoms with van der Waals surface area (Å²) in [5, 5.41) is 7.80. The summed E-state index contributed by atoms with van der Waals surface area (Å²) in [6, 6.07) is 13.3. The van der Waals surface area contributed by atoms with Crippen molar-refractivity contribution in [3.05, 3.63) is 75.0 Å². The molecule has 2 aromatic carbocycles. The first-order valence-corrected chi connectivity index (χ1v) is 10.0. The number of carbonyl (C=O) groups is 1. The zero-order valence-corrected chi connectivity index (χ0v) is 18.2. The van der Waals surface area contributed by atoms with Crippen LogP contribution in [0.1, 0.15) is 30.5 Å². The van der Waals surface area contributed by atoms with Gasteiger partial charge in [0.2, 0.25) is 5.91 Å². The number of hydrogen-bond acceptors (Lipinski definition) is 4. The van der Waals surface area contributed by atoms with E-state index in [0.717, 1.165) is 16.7 Å². The molecule has 0 aliphatic heterocycles. The molecule has 0 aliphatic rings. The second-order valence-corrected chi connectivity index (χ2v) is 7.51. The zero-order valence-electron chi connectivity index (χ0n) is 17.4. The van der Waals surface area contributed by atoms with Crippen molar-refractivity contribution in [1.29, 1.82) is 0 Å². The maximum Gasteiger partial charge on any atom is 0.267 e. The third kappa shape index (κ3) is 4.54. The quantitative estimate of drug-likeness (QED) is 0.616. The Balaban J connectivity index is 1.99. The predicted octanol–water partition coefficient (Wildman–Crippen LogP) is 4.78. The van der Waals surface area contributed by atoms with Crippen LogP contribution in [0.15, 0.2) is 53.3 Å². The number of aromatic nitrogens is 2. The van der Waals surface area contributed by atoms with E-state index in [1.165, 1.54) is 17.9 Å². The number of amides is 1. The van der Waals surface area contributed by atoms with Crippen molar-refractivity contribution in [2.45, 2.75) is 33.2 Å². The SMILES string of the molecule is CC[C@@H](C(=O)Nc1cc(Cl)ccc1OC)n1nc(-c2cc(C)ccc2C)ccc1=O. The highest BCUT2D eigenvalue weighted by Gasteiger charge is 2.23. The van der Waals surface area contributed by atoms with Gasteiger partial charge < -0.3 is 10.1 Å². The fourth-order valence-electron chi connectivity index (χ4n) is 3.27. The van der Waals surface area contributed by atoms with Gasteiger partial charge in [-0.15, -0.1) is 0 Å². The van der Waals surface area contributed by atoms with Gasteiger partial charge in [-0.3, -0.25) is 9.59 Å². The van der Waals surface area contributed by atoms with E-state index in [9.17, 15) is 9.59 Å². The standard InChI is InChI=1S/C23H24ClN3O3/c1-5-20(23(29)25-19-13-16(24)8-10-21(19)30-4)27-22(28)11-9-18(26-27)17-12-14(2)6-7-15(17)3/h6-13,20H,5H2,1-4H3,(H,25,29)/t20-/m0/s1. The number of halogens is 1. The number of benzene rings is 2. The first kappa shape index (κ1) is 21.6. The van der Waals surface area contributed by atoms with E-state index in [1.54, 1.807) is 24.3 Å². The average Bonchev–Trinajstić information content (AvgIpc) is 2.72. The van der Waals surface area contributed by atoms with Gasteiger partial charge in [-0.1, -0.05) is 36.2 Å². The third-order valence-corrected chi connectivity index (χ3v) is 5.13. The van der Waals surface area contributed by atoms with E-state index in [2.05, 4.69) is 10.4 Å². The van der Waals surface area contributed by atoms with Crippen LogP contribution in [0.4, 0.5) is 5.69 Å². The molecule has 30 heavy (non-hydrogen) atoms. The lowest BCUT2D eigenvalue weighted by Gasteiger charge is -2.19. The van der Waals surface area contributed by atoms with Gasteiger partial charge in [-0.2, -0.15) is 5.10 Å². The van der Waals surface area contributed by atoms with Crippen LogP contribution in [0.2, 0.25) is 5.02 Å². The van der Waals surface area contributed by atoms with Crippen molar-refractivity contribution < 1.29 is 9.53 Å². The summed E-state index contributed by atoms with van der Waals surface area (Å²) in [4.78, 5) is 25.6. The Hall–Kier alpha value is -3.12. The molecule has 0 saturated heterocycles. The van der Waals surface area contributed by atoms with Gasteiger partial charge >= 0.3 is 0 Å². The van der Waals surface area contributed by atoms with Crippen LogP contribution in [-0.4, -0.2) is 22.8 Å². The van der Waals surface area contributed by atoms with Gasteiger partial charge in [0.15, 0.2) is 0 Å². The molecule has 1 aromatic heterocycles. The van der Waals surface area contributed by atoms with Crippen LogP contribution in [-0.2, 0) is 4.79 Å². The number of methoxy groups -OCH3 is 1. The first-order chi connectivity index (χ1) is 14.3. The maximum absolute atomic E-state index is 13.0. The second-order valence-electron chi connectivity index (χ2n) is 7.08. The Morgan fingerprint density at radius 2 is 1.93 bits per heavy atom. The number of ether oxygens (including phenoxy) is 1. The van der Waals surface area contributed by atoms with Crippen molar-refractivity contribution in [1.82, 2.24) is 9.78 Å². The summed E-state index contributed by atoms with van der Waals surface area (Å²) in [7, 11) is 1.51. The molecule has 0 unspecified atom stereocenters. The monoisotopic (exact) mass is 425 g/mol. The minimum atomic E-state index is -0.786. The average molecular weight is 426 g/mol. The van der Waals surface area contributed by atoms with Crippen LogP contribution >= 0.6 is 11.6 Å². The Morgan fingerprint density at radius 3 is 2.63 bits per heavy atom. The number of anilines is 1. The largest absolute Gasteiger partial charge is 0.495 e. The van der Waals surface area contributed by atoms with Gasteiger partial charge in [0.25, 0.3) is 5.56 Å². The van der Waals surface area contributed by atoms with Crippen molar-refractivity contribution in [2.24, 2.45) is 0 Å². The Kier molecular flexibility index (Phi) is 6.57. The fourth-order valence-corrected chi connectivity index (χ4v) is 3.44. The van der Waals surface area contributed by atoms with E-state index >= 15 is 0 Å². The van der Waals surface area contributed by atoms with E-state index < -0.39 is 6.04 Å². The molecule has 1 N–H and O–H groups in total. The summed E-state index contributed by atoms with van der Waals surface area (Å²) < 4.78 is 6.53. The van der Waals surface area contributed by atoms with Crippen LogP contribution in [0.3, 0.4) is 0 Å². The lowest BCUT2D eigenvalue weighted by Crippen LogP contribution is -2.34. The molecule has 6 nitrogen and oxygen atoms in total. The Morgan fingerprint density at radius 1 is 1.17 bits per heavy atom. The molecule has 1 heterocycles. The summed E-state index contributed by atoms with van der Waals surface area (Å²) in [5.74, 6) is 0.109. The van der Waals surface area contributed by atoms with Crippen molar-refractivity contribution >= 4 is 23.2 Å². The predicted molar refractivity (Wildman–Crippen MR) is 119 cm³/mol. The van der Waals surface area contributed by atoms with Crippen molar-refractivity contribution in [2.75, 3.05) is 12.4 Å². The highest BCUT2D eigenvalue weighted by Crippen LogP contribution is 2.29. The lowest BCUT2D eigenvalue weighted by molar-refractivity contribution is -0.119. The van der Waals surface area contributed by atoms with Crippen LogP contribution in [0, 0.1) is 13.8 Å². The highest BCUT2D eigenvalue weighted by atomic mass is 35.5. The van der Waals surface area contributed by atoms with Gasteiger partial charge in [-0.25, -0.2) is 4.68 Å². The number of aryl methyl sites for hydroxylation is 2. The van der Waals surface area contributed by atoms with Crippen molar-refractivity contribution in [3.8, 4) is 17.0 Å². The van der Waals surface area contributed by atoms with Gasteiger partial charge in [0.05, 0.1) is 18.5 Å². The summed E-state index contributed by atoms with van der Waals surface area (Å²) in [6.07, 6.45) is 0.387. The van der Waals surface area contributed by atoms with E-state index in [0.29, 0.717) is 28.6 Å². The number of rotatable bonds is 6. The van der Waals surface area contributed by atoms with E-state index in [-0.39, 0.29) is 11.5 Å². The Bertz CT molecular complexity index is 1140. The molecule has 0 spiro atoms. The van der Waals surface area contributed by atoms with Crippen LogP contribution < -0.4 is 15.6 Å². The van der Waals surface area contributed by atoms with Gasteiger partial charge in [0.1, 0.15) is 11.8 Å². The van der Waals surface area contributed by atoms with E-state index in [4.69, 9.17) is 16.3 Å². The molecule has 0 radical (unpaired) electrons. The zero-order chi connectivity index (χ0) is 21.8. The first-order valence-electron chi connectivity index (χ1n) is 9.66. The molecule has 1 atom stereocenters. The van der Waals surface area contributed by atoms with E-state index in [1.807, 2.05) is 39.0 Å². The second kappa shape index (κ2) is 9.13. The minimum Gasteiger partial charge on any atom is -0.495 e. The summed E-state index contributed by atoms with van der Waals surface area (Å²) in [6.45, 7) is 5.82. The molecular weight excluding hydrogens is 402 g/mol. The third-order valence-electron chi connectivity index (χ3n) is 4.90. The van der Waals surface area contributed by atoms with Crippen molar-refractivity contribution in [3.63, 3.8) is 0 Å². The van der Waals surface area contributed by atoms with Gasteiger partial charge in [-0.05, 0) is 56.2 Å². The molecule has 7 heteroatoms. The summed E-state index contributed by atoms with van der Waals surface area (Å²) in [5.41, 5.74) is 3.79. The molecule has 3 rings (SSSR count). The molecule has 0 bridgehead atoms. The molecule has 0 aliphatic carbocycles. The van der Waals surface area contributed by atoms with Crippen LogP contribution in [0.25, 0.3) is 11.3 Å². The van der Waals surface area contributed by atoms with Gasteiger partial charge in [0, 0.05) is 16.7 Å². The smallest absolute Gasteiger partial charge is 0.267 e. The molecule has 156 valence electrons. The minimum absolute atomic E-state index is 0.343. The highest BCUT2D eigenvalue weighted by molar-refractivity contribution is 6.31. The molecular formula is C23H24ClN3O3. The lowest BCUT2D eigenvalue weighted by atomic mass is 10.0. The number of nitrogens with one attached hydrogen (secondary N) is 1. The Labute approximate surface area is 180 Å². The summed E-state index contributed by atoms with van der Waals surface area (Å²) >= 11 is 6.05.